The van der Waals surface area contributed by atoms with E-state index < -0.39 is 36.9 Å². The molecule has 1 unspecified atom stereocenters. The van der Waals surface area contributed by atoms with Crippen molar-refractivity contribution in [1.82, 2.24) is 0 Å². The van der Waals surface area contributed by atoms with Crippen LogP contribution in [-0.2, 0) is 4.43 Å². The van der Waals surface area contributed by atoms with Crippen LogP contribution in [0.25, 0.3) is 0 Å². The molecule has 1 atom stereocenters. The Bertz CT molecular complexity index is 1560. The second-order valence-electron chi connectivity index (χ2n) is 13.5. The van der Waals surface area contributed by atoms with Gasteiger partial charge in [0, 0.05) is 0 Å². The molecular weight excluding hydrogens is 707 g/mol. The van der Waals surface area contributed by atoms with Crippen molar-refractivity contribution in [2.24, 2.45) is 0 Å². The molecule has 0 saturated carbocycles. The Kier molecular flexibility index (Phi) is 13.3. The van der Waals surface area contributed by atoms with E-state index in [0.717, 1.165) is 0 Å². The molecule has 0 aliphatic heterocycles. The van der Waals surface area contributed by atoms with Gasteiger partial charge in [-0.15, -0.1) is 0 Å². The first-order valence-electron chi connectivity index (χ1n) is 16.8. The molecule has 0 fully saturated rings. The topological polar surface area (TPSA) is 9.23 Å². The first-order valence-corrected chi connectivity index (χ1v) is 28.8. The van der Waals surface area contributed by atoms with Gasteiger partial charge in [0.2, 0.25) is 0 Å². The van der Waals surface area contributed by atoms with Crippen LogP contribution in [0.15, 0.2) is 127 Å². The molecule has 5 aromatic rings. The third-order valence-corrected chi connectivity index (χ3v) is 15.9. The van der Waals surface area contributed by atoms with Crippen LogP contribution in [0.5, 0.6) is 0 Å². The average Bonchev–Trinajstić information content (AvgIpc) is 3.02. The second kappa shape index (κ2) is 16.9. The summed E-state index contributed by atoms with van der Waals surface area (Å²) in [5.41, 5.74) is 10.4. The first-order chi connectivity index (χ1) is 22.4. The van der Waals surface area contributed by atoms with E-state index in [1.807, 2.05) is 0 Å². The Hall–Kier alpha value is -2.97. The number of hydrogen-bond acceptors (Lipinski definition) is 1. The van der Waals surface area contributed by atoms with Crippen molar-refractivity contribution >= 4 is 62.8 Å². The molecule has 2 radical (unpaired) electrons. The van der Waals surface area contributed by atoms with Crippen LogP contribution in [0.1, 0.15) is 40.3 Å². The minimum absolute atomic E-state index is 0.0721. The molecule has 0 saturated heterocycles. The fourth-order valence-electron chi connectivity index (χ4n) is 6.72. The zero-order chi connectivity index (χ0) is 34.1. The Balaban J connectivity index is 0.00000118. The predicted molar refractivity (Wildman–Crippen MR) is 213 cm³/mol. The van der Waals surface area contributed by atoms with Crippen molar-refractivity contribution in [3.8, 4) is 0 Å². The minimum atomic E-state index is -2.50. The van der Waals surface area contributed by atoms with E-state index in [2.05, 4.69) is 190 Å². The molecular formula is C43H52OSi2Sn. The maximum atomic E-state index is 7.27. The van der Waals surface area contributed by atoms with E-state index in [1.54, 1.807) is 0 Å². The van der Waals surface area contributed by atoms with E-state index in [0.29, 0.717) is 0 Å². The summed E-state index contributed by atoms with van der Waals surface area (Å²) in [4.78, 5) is 7.09. The number of rotatable bonds is 9. The molecule has 0 aliphatic rings. The summed E-state index contributed by atoms with van der Waals surface area (Å²) in [6, 6.07) is 42.4. The molecule has 0 N–H and O–H groups in total. The molecule has 0 spiro atoms. The Labute approximate surface area is 295 Å². The van der Waals surface area contributed by atoms with Crippen LogP contribution >= 0.6 is 0 Å². The molecule has 5 rings (SSSR count). The third-order valence-electron chi connectivity index (χ3n) is 8.42. The van der Waals surface area contributed by atoms with Gasteiger partial charge in [-0.05, 0) is 96.7 Å². The number of aryl methyl sites for hydroxylation is 6. The fourth-order valence-corrected chi connectivity index (χ4v) is 13.7. The van der Waals surface area contributed by atoms with Gasteiger partial charge in [-0.1, -0.05) is 138 Å². The zero-order valence-electron chi connectivity index (χ0n) is 30.1. The van der Waals surface area contributed by atoms with Crippen LogP contribution in [0, 0.1) is 41.5 Å². The molecule has 4 heteroatoms. The van der Waals surface area contributed by atoms with Crippen molar-refractivity contribution in [3.05, 3.63) is 160 Å². The van der Waals surface area contributed by atoms with Gasteiger partial charge in [0.15, 0.2) is 8.07 Å². The number of benzene rings is 5. The van der Waals surface area contributed by atoms with Crippen molar-refractivity contribution in [1.29, 1.82) is 0 Å². The molecule has 242 valence electrons. The SMILES string of the molecule is Cc1cc(C)c([Si](OC(C)/C=C/[Si](c2ccccc2)(c2ccccc2)c2ccccc2)c2c(C)cc(C)cc2C)c(C)c1.[CH3][Sn]([CH3])[CH3]. The van der Waals surface area contributed by atoms with Crippen molar-refractivity contribution in [2.45, 2.75) is 69.4 Å². The molecule has 5 aromatic carbocycles. The Morgan fingerprint density at radius 2 is 0.851 bits per heavy atom. The predicted octanol–water partition coefficient (Wildman–Crippen LogP) is 7.68. The van der Waals surface area contributed by atoms with Crippen LogP contribution in [-0.4, -0.2) is 43.0 Å². The summed E-state index contributed by atoms with van der Waals surface area (Å²) >= 11 is -0.543. The molecule has 47 heavy (non-hydrogen) atoms. The van der Waals surface area contributed by atoms with E-state index >= 15 is 0 Å². The van der Waals surface area contributed by atoms with Crippen LogP contribution < -0.4 is 25.9 Å². The van der Waals surface area contributed by atoms with Gasteiger partial charge < -0.3 is 4.43 Å². The molecule has 0 heterocycles. The third kappa shape index (κ3) is 9.14. The molecule has 0 aromatic heterocycles. The zero-order valence-corrected chi connectivity index (χ0v) is 35.0. The van der Waals surface area contributed by atoms with Gasteiger partial charge in [-0.2, -0.15) is 0 Å². The van der Waals surface area contributed by atoms with Gasteiger partial charge in [-0.3, -0.25) is 0 Å². The fraction of sp³-hybridized carbons (Fsp3) is 0.256. The Morgan fingerprint density at radius 3 is 1.15 bits per heavy atom. The number of hydrogen-bond donors (Lipinski definition) is 0. The monoisotopic (exact) mass is 760 g/mol. The van der Waals surface area contributed by atoms with E-state index in [9.17, 15) is 0 Å². The van der Waals surface area contributed by atoms with Crippen molar-refractivity contribution < 1.29 is 4.43 Å². The van der Waals surface area contributed by atoms with Gasteiger partial charge >= 0.3 is 34.6 Å². The van der Waals surface area contributed by atoms with Gasteiger partial charge in [-0.25, -0.2) is 0 Å². The summed E-state index contributed by atoms with van der Waals surface area (Å²) in [6.07, 6.45) is 2.28. The van der Waals surface area contributed by atoms with E-state index in [4.69, 9.17) is 4.43 Å². The summed E-state index contributed by atoms with van der Waals surface area (Å²) in [5.74, 6) is 0. The normalized spacial score (nSPS) is 12.3. The summed E-state index contributed by atoms with van der Waals surface area (Å²) in [7, 11) is -4.05. The van der Waals surface area contributed by atoms with Crippen molar-refractivity contribution in [3.63, 3.8) is 0 Å². The second-order valence-corrected chi connectivity index (χ2v) is 27.6. The summed E-state index contributed by atoms with van der Waals surface area (Å²) in [6.45, 7) is 15.6. The molecule has 0 amide bonds. The maximum absolute atomic E-state index is 7.27. The molecule has 0 aliphatic carbocycles. The van der Waals surface area contributed by atoms with E-state index in [-0.39, 0.29) is 6.10 Å². The van der Waals surface area contributed by atoms with Crippen LogP contribution in [0.3, 0.4) is 0 Å². The van der Waals surface area contributed by atoms with E-state index in [1.165, 1.54) is 59.3 Å². The Morgan fingerprint density at radius 1 is 0.553 bits per heavy atom. The van der Waals surface area contributed by atoms with Gasteiger partial charge in [0.25, 0.3) is 9.04 Å². The molecule has 0 bridgehead atoms. The first kappa shape index (κ1) is 36.9. The van der Waals surface area contributed by atoms with Crippen molar-refractivity contribution in [2.75, 3.05) is 0 Å². The standard InChI is InChI=1S/C40H43OSi2.3CH3.Sn/c1-29-25-31(3)39(32(4)26-29)42(40-33(5)27-30(2)28-34(40)6)41-35(7)23-24-43(36-17-11-8-12-18-36,37-19-13-9-14-20-37)38-21-15-10-16-22-38;;;;/h8-28,35H,1-7H3;3*1H3;/b24-23+;;;;. The summed E-state index contributed by atoms with van der Waals surface area (Å²) in [5, 5.41) is 6.87. The molecule has 1 nitrogen and oxygen atoms in total. The van der Waals surface area contributed by atoms with Crippen LogP contribution in [0.4, 0.5) is 0 Å². The van der Waals surface area contributed by atoms with Crippen LogP contribution in [0.2, 0.25) is 14.8 Å². The quantitative estimate of drug-likeness (QED) is 0.111. The summed E-state index contributed by atoms with van der Waals surface area (Å²) < 4.78 is 7.27. The van der Waals surface area contributed by atoms with Gasteiger partial charge in [0.1, 0.15) is 0 Å². The van der Waals surface area contributed by atoms with Gasteiger partial charge in [0.05, 0.1) is 6.10 Å². The average molecular weight is 760 g/mol.